The molecular formula is C33H33NO4. The third-order valence-electron chi connectivity index (χ3n) is 7.55. The van der Waals surface area contributed by atoms with Gasteiger partial charge < -0.3 is 24.2 Å². The van der Waals surface area contributed by atoms with Crippen molar-refractivity contribution in [1.29, 1.82) is 0 Å². The van der Waals surface area contributed by atoms with Gasteiger partial charge in [0, 0.05) is 40.9 Å². The number of morpholine rings is 1. The van der Waals surface area contributed by atoms with Gasteiger partial charge in [0.25, 0.3) is 0 Å². The summed E-state index contributed by atoms with van der Waals surface area (Å²) in [7, 11) is 1.68. The molecule has 1 fully saturated rings. The number of rotatable bonds is 6. The first-order chi connectivity index (χ1) is 18.6. The molecule has 5 nitrogen and oxygen atoms in total. The van der Waals surface area contributed by atoms with Crippen molar-refractivity contribution in [2.45, 2.75) is 25.0 Å². The zero-order chi connectivity index (χ0) is 26.1. The molecule has 0 aliphatic carbocycles. The summed E-state index contributed by atoms with van der Waals surface area (Å²) in [6.07, 6.45) is 2.41. The molecule has 38 heavy (non-hydrogen) atoms. The third-order valence-corrected chi connectivity index (χ3v) is 7.55. The van der Waals surface area contributed by atoms with Crippen molar-refractivity contribution in [2.24, 2.45) is 0 Å². The number of ether oxygens (including phenoxy) is 3. The van der Waals surface area contributed by atoms with Crippen molar-refractivity contribution >= 4 is 16.5 Å². The molecule has 0 amide bonds. The number of fused-ring (bicyclic) bond motifs is 3. The Kier molecular flexibility index (Phi) is 6.56. The lowest BCUT2D eigenvalue weighted by Crippen LogP contribution is -2.41. The van der Waals surface area contributed by atoms with Crippen LogP contribution in [0.25, 0.3) is 16.5 Å². The highest BCUT2D eigenvalue weighted by atomic mass is 16.5. The monoisotopic (exact) mass is 507 g/mol. The van der Waals surface area contributed by atoms with E-state index in [0.717, 1.165) is 63.3 Å². The van der Waals surface area contributed by atoms with Gasteiger partial charge in [-0.15, -0.1) is 0 Å². The number of nitrogens with zero attached hydrogens (tertiary/aromatic N) is 1. The van der Waals surface area contributed by atoms with E-state index in [2.05, 4.69) is 77.7 Å². The van der Waals surface area contributed by atoms with Crippen LogP contribution in [0.4, 0.5) is 0 Å². The minimum Gasteiger partial charge on any atom is -0.497 e. The first kappa shape index (κ1) is 24.5. The Labute approximate surface area is 223 Å². The molecule has 2 unspecified atom stereocenters. The van der Waals surface area contributed by atoms with Crippen LogP contribution in [-0.4, -0.2) is 49.5 Å². The molecule has 1 N–H and O–H groups in total. The Morgan fingerprint density at radius 2 is 1.55 bits per heavy atom. The number of benzene rings is 4. The van der Waals surface area contributed by atoms with E-state index in [9.17, 15) is 5.11 Å². The molecule has 2 aliphatic rings. The molecule has 2 heterocycles. The zero-order valence-electron chi connectivity index (χ0n) is 21.9. The van der Waals surface area contributed by atoms with Crippen LogP contribution >= 0.6 is 0 Å². The summed E-state index contributed by atoms with van der Waals surface area (Å²) in [6.45, 7) is 4.81. The van der Waals surface area contributed by atoms with Crippen LogP contribution in [0.1, 0.15) is 29.2 Å². The SMILES string of the molecule is COc1ccc(C2(c3ccccc3)C=C(N3CCOCC3)c3cc(CC(C)O)c4ccccc4c3O2)cc1. The summed E-state index contributed by atoms with van der Waals surface area (Å²) in [5.41, 5.74) is 4.54. The van der Waals surface area contributed by atoms with Crippen LogP contribution in [0.2, 0.25) is 0 Å². The number of hydrogen-bond acceptors (Lipinski definition) is 5. The van der Waals surface area contributed by atoms with Crippen molar-refractivity contribution < 1.29 is 19.3 Å². The first-order valence-electron chi connectivity index (χ1n) is 13.3. The molecule has 4 aromatic carbocycles. The highest BCUT2D eigenvalue weighted by molar-refractivity contribution is 5.97. The van der Waals surface area contributed by atoms with Crippen molar-refractivity contribution in [1.82, 2.24) is 4.90 Å². The Bertz CT molecular complexity index is 1460. The van der Waals surface area contributed by atoms with E-state index in [4.69, 9.17) is 14.2 Å². The van der Waals surface area contributed by atoms with Crippen LogP contribution in [0, 0.1) is 0 Å². The molecule has 4 aromatic rings. The van der Waals surface area contributed by atoms with Gasteiger partial charge in [0.15, 0.2) is 5.60 Å². The number of methoxy groups -OCH3 is 1. The van der Waals surface area contributed by atoms with Gasteiger partial charge in [-0.1, -0.05) is 66.7 Å². The Balaban J connectivity index is 1.65. The van der Waals surface area contributed by atoms with Gasteiger partial charge in [0.2, 0.25) is 0 Å². The van der Waals surface area contributed by atoms with Crippen molar-refractivity contribution in [3.8, 4) is 11.5 Å². The Hall–Kier alpha value is -3.80. The predicted octanol–water partition coefficient (Wildman–Crippen LogP) is 5.78. The van der Waals surface area contributed by atoms with Crippen LogP contribution in [-0.2, 0) is 16.8 Å². The molecule has 1 saturated heterocycles. The van der Waals surface area contributed by atoms with Gasteiger partial charge in [-0.2, -0.15) is 0 Å². The van der Waals surface area contributed by atoms with E-state index in [0.29, 0.717) is 19.6 Å². The number of hydrogen-bond donors (Lipinski definition) is 1. The molecule has 0 radical (unpaired) electrons. The molecule has 6 rings (SSSR count). The zero-order valence-corrected chi connectivity index (χ0v) is 21.9. The molecule has 0 bridgehead atoms. The molecular weight excluding hydrogens is 474 g/mol. The van der Waals surface area contributed by atoms with E-state index in [-0.39, 0.29) is 0 Å². The van der Waals surface area contributed by atoms with Crippen LogP contribution < -0.4 is 9.47 Å². The van der Waals surface area contributed by atoms with E-state index in [1.165, 1.54) is 0 Å². The fourth-order valence-corrected chi connectivity index (χ4v) is 5.71. The second kappa shape index (κ2) is 10.2. The minimum absolute atomic E-state index is 0.445. The maximum absolute atomic E-state index is 10.3. The second-order valence-electron chi connectivity index (χ2n) is 10.1. The second-order valence-corrected chi connectivity index (χ2v) is 10.1. The molecule has 0 aromatic heterocycles. The molecule has 2 aliphatic heterocycles. The summed E-state index contributed by atoms with van der Waals surface area (Å²) < 4.78 is 18.4. The third kappa shape index (κ3) is 4.32. The predicted molar refractivity (Wildman–Crippen MR) is 151 cm³/mol. The van der Waals surface area contributed by atoms with Crippen molar-refractivity contribution in [2.75, 3.05) is 33.4 Å². The van der Waals surface area contributed by atoms with Crippen molar-refractivity contribution in [3.63, 3.8) is 0 Å². The topological polar surface area (TPSA) is 51.2 Å². The molecule has 194 valence electrons. The maximum atomic E-state index is 10.3. The molecule has 2 atom stereocenters. The summed E-state index contributed by atoms with van der Waals surface area (Å²) >= 11 is 0. The van der Waals surface area contributed by atoms with Gasteiger partial charge in [-0.3, -0.25) is 0 Å². The summed E-state index contributed by atoms with van der Waals surface area (Å²) in [6, 6.07) is 29.2. The highest BCUT2D eigenvalue weighted by Crippen LogP contribution is 2.49. The van der Waals surface area contributed by atoms with E-state index >= 15 is 0 Å². The number of aliphatic hydroxyl groups excluding tert-OH is 1. The largest absolute Gasteiger partial charge is 0.497 e. The lowest BCUT2D eigenvalue weighted by molar-refractivity contribution is 0.0618. The van der Waals surface area contributed by atoms with E-state index < -0.39 is 11.7 Å². The first-order valence-corrected chi connectivity index (χ1v) is 13.3. The standard InChI is InChI=1S/C33H33NO4/c1-23(35)20-24-21-30-31(34-16-18-37-19-17-34)22-33(25-8-4-3-5-9-25,26-12-14-27(36-2)15-13-26)38-32(30)29-11-7-6-10-28(24)29/h3-15,21-23,35H,16-20H2,1-2H3. The van der Waals surface area contributed by atoms with Crippen LogP contribution in [0.5, 0.6) is 11.5 Å². The smallest absolute Gasteiger partial charge is 0.180 e. The number of aliphatic hydroxyl groups is 1. The van der Waals surface area contributed by atoms with Crippen LogP contribution in [0.3, 0.4) is 0 Å². The Morgan fingerprint density at radius 1 is 0.895 bits per heavy atom. The normalized spacial score (nSPS) is 19.9. The van der Waals surface area contributed by atoms with Gasteiger partial charge >= 0.3 is 0 Å². The van der Waals surface area contributed by atoms with E-state index in [1.807, 2.05) is 25.1 Å². The molecule has 5 heteroatoms. The Morgan fingerprint density at radius 3 is 2.24 bits per heavy atom. The average molecular weight is 508 g/mol. The van der Waals surface area contributed by atoms with Gasteiger partial charge in [0.1, 0.15) is 11.5 Å². The summed E-state index contributed by atoms with van der Waals surface area (Å²) in [4.78, 5) is 2.41. The summed E-state index contributed by atoms with van der Waals surface area (Å²) in [5.74, 6) is 1.66. The maximum Gasteiger partial charge on any atom is 0.180 e. The lowest BCUT2D eigenvalue weighted by atomic mass is 9.81. The highest BCUT2D eigenvalue weighted by Gasteiger charge is 2.41. The fourth-order valence-electron chi connectivity index (χ4n) is 5.71. The van der Waals surface area contributed by atoms with Gasteiger partial charge in [0.05, 0.1) is 26.4 Å². The van der Waals surface area contributed by atoms with Gasteiger partial charge in [-0.25, -0.2) is 0 Å². The van der Waals surface area contributed by atoms with Gasteiger partial charge in [-0.05, 0) is 48.6 Å². The van der Waals surface area contributed by atoms with Crippen LogP contribution in [0.15, 0.2) is 91.0 Å². The molecule has 0 spiro atoms. The van der Waals surface area contributed by atoms with Crippen molar-refractivity contribution in [3.05, 3.63) is 113 Å². The fraction of sp³-hybridized carbons (Fsp3) is 0.273. The molecule has 0 saturated carbocycles. The minimum atomic E-state index is -0.845. The summed E-state index contributed by atoms with van der Waals surface area (Å²) in [5, 5.41) is 12.5. The quantitative estimate of drug-likeness (QED) is 0.359. The average Bonchev–Trinajstić information content (AvgIpc) is 2.97. The van der Waals surface area contributed by atoms with E-state index in [1.54, 1.807) is 7.11 Å². The lowest BCUT2D eigenvalue weighted by Gasteiger charge is -2.42.